The van der Waals surface area contributed by atoms with Crippen LogP contribution in [0.1, 0.15) is 42.3 Å². The minimum Gasteiger partial charge on any atom is -0.350 e. The van der Waals surface area contributed by atoms with Crippen molar-refractivity contribution in [2.75, 3.05) is 5.32 Å². The molecule has 0 atom stereocenters. The number of hydrogen-bond donors (Lipinski definition) is 1. The van der Waals surface area contributed by atoms with Gasteiger partial charge in [-0.15, -0.1) is 0 Å². The fourth-order valence-corrected chi connectivity index (χ4v) is 1.95. The monoisotopic (exact) mass is 255 g/mol. The van der Waals surface area contributed by atoms with Gasteiger partial charge >= 0.3 is 0 Å². The summed E-state index contributed by atoms with van der Waals surface area (Å²) in [5.41, 5.74) is 4.65. The Hall–Kier alpha value is -1.90. The van der Waals surface area contributed by atoms with Crippen molar-refractivity contribution >= 4 is 5.95 Å². The lowest BCUT2D eigenvalue weighted by Gasteiger charge is -2.11. The van der Waals surface area contributed by atoms with Gasteiger partial charge in [0.05, 0.1) is 0 Å². The average Bonchev–Trinajstić information content (AvgIpc) is 2.37. The van der Waals surface area contributed by atoms with Crippen LogP contribution in [0.25, 0.3) is 0 Å². The molecule has 1 aromatic heterocycles. The van der Waals surface area contributed by atoms with E-state index in [0.29, 0.717) is 11.9 Å². The van der Waals surface area contributed by atoms with E-state index in [2.05, 4.69) is 60.3 Å². The molecule has 0 fully saturated rings. The Morgan fingerprint density at radius 1 is 1.11 bits per heavy atom. The van der Waals surface area contributed by atoms with Crippen LogP contribution in [0.15, 0.2) is 30.3 Å². The van der Waals surface area contributed by atoms with Crippen LogP contribution >= 0.6 is 0 Å². The van der Waals surface area contributed by atoms with E-state index in [1.807, 2.05) is 13.0 Å². The molecule has 1 N–H and O–H groups in total. The Labute approximate surface area is 115 Å². The quantitative estimate of drug-likeness (QED) is 0.902. The van der Waals surface area contributed by atoms with Crippen LogP contribution < -0.4 is 5.32 Å². The smallest absolute Gasteiger partial charge is 0.223 e. The van der Waals surface area contributed by atoms with E-state index in [-0.39, 0.29) is 0 Å². The molecule has 0 unspecified atom stereocenters. The summed E-state index contributed by atoms with van der Waals surface area (Å²) in [5.74, 6) is 1.13. The van der Waals surface area contributed by atoms with Gasteiger partial charge in [0.2, 0.25) is 5.95 Å². The topological polar surface area (TPSA) is 37.8 Å². The zero-order valence-corrected chi connectivity index (χ0v) is 12.1. The van der Waals surface area contributed by atoms with Crippen molar-refractivity contribution < 1.29 is 0 Å². The maximum atomic E-state index is 4.56. The molecule has 19 heavy (non-hydrogen) atoms. The van der Waals surface area contributed by atoms with Crippen molar-refractivity contribution in [2.24, 2.45) is 0 Å². The third-order valence-corrected chi connectivity index (χ3v) is 3.16. The minimum absolute atomic E-state index is 0.417. The molecule has 1 aromatic carbocycles. The summed E-state index contributed by atoms with van der Waals surface area (Å²) in [6.45, 7) is 9.17. The number of hydrogen-bond acceptors (Lipinski definition) is 3. The van der Waals surface area contributed by atoms with Crippen molar-refractivity contribution in [3.05, 3.63) is 52.8 Å². The predicted octanol–water partition coefficient (Wildman–Crippen LogP) is 3.83. The molecule has 3 nitrogen and oxygen atoms in total. The van der Waals surface area contributed by atoms with Crippen LogP contribution in [0.5, 0.6) is 0 Å². The summed E-state index contributed by atoms with van der Waals surface area (Å²) in [5, 5.41) is 3.32. The van der Waals surface area contributed by atoms with Gasteiger partial charge in [0.1, 0.15) is 0 Å². The summed E-state index contributed by atoms with van der Waals surface area (Å²) in [6, 6.07) is 10.4. The number of rotatable bonds is 4. The van der Waals surface area contributed by atoms with E-state index in [1.165, 1.54) is 11.1 Å². The van der Waals surface area contributed by atoms with E-state index in [4.69, 9.17) is 0 Å². The highest BCUT2D eigenvalue weighted by molar-refractivity contribution is 5.33. The molecule has 0 saturated heterocycles. The summed E-state index contributed by atoms with van der Waals surface area (Å²) in [6.07, 6.45) is 0. The lowest BCUT2D eigenvalue weighted by molar-refractivity contribution is 0.808. The fourth-order valence-electron chi connectivity index (χ4n) is 1.95. The second-order valence-corrected chi connectivity index (χ2v) is 5.19. The standard InChI is InChI=1S/C16H21N3/c1-11(2)15-9-13(4)18-16(19-15)17-10-14-8-6-5-7-12(14)3/h5-9,11H,10H2,1-4H3,(H,17,18,19). The van der Waals surface area contributed by atoms with E-state index in [0.717, 1.165) is 17.9 Å². The van der Waals surface area contributed by atoms with Gasteiger partial charge in [-0.1, -0.05) is 38.1 Å². The maximum absolute atomic E-state index is 4.56. The SMILES string of the molecule is Cc1cc(C(C)C)nc(NCc2ccccc2C)n1. The summed E-state index contributed by atoms with van der Waals surface area (Å²) >= 11 is 0. The van der Waals surface area contributed by atoms with Crippen LogP contribution in [0, 0.1) is 13.8 Å². The number of benzene rings is 1. The molecule has 0 amide bonds. The van der Waals surface area contributed by atoms with Gasteiger partial charge in [-0.25, -0.2) is 9.97 Å². The van der Waals surface area contributed by atoms with Gasteiger partial charge in [0, 0.05) is 17.9 Å². The van der Waals surface area contributed by atoms with E-state index < -0.39 is 0 Å². The van der Waals surface area contributed by atoms with Crippen molar-refractivity contribution in [3.8, 4) is 0 Å². The van der Waals surface area contributed by atoms with Gasteiger partial charge in [0.25, 0.3) is 0 Å². The highest BCUT2D eigenvalue weighted by Crippen LogP contribution is 2.15. The second kappa shape index (κ2) is 5.83. The zero-order valence-electron chi connectivity index (χ0n) is 12.1. The zero-order chi connectivity index (χ0) is 13.8. The third-order valence-electron chi connectivity index (χ3n) is 3.16. The van der Waals surface area contributed by atoms with Crippen molar-refractivity contribution in [2.45, 2.75) is 40.2 Å². The fraction of sp³-hybridized carbons (Fsp3) is 0.375. The Kier molecular flexibility index (Phi) is 4.15. The van der Waals surface area contributed by atoms with Gasteiger partial charge < -0.3 is 5.32 Å². The van der Waals surface area contributed by atoms with Gasteiger partial charge in [-0.2, -0.15) is 0 Å². The first-order valence-corrected chi connectivity index (χ1v) is 6.70. The van der Waals surface area contributed by atoms with Crippen molar-refractivity contribution in [1.82, 2.24) is 9.97 Å². The Morgan fingerprint density at radius 2 is 1.84 bits per heavy atom. The summed E-state index contributed by atoms with van der Waals surface area (Å²) < 4.78 is 0. The number of nitrogens with one attached hydrogen (secondary N) is 1. The molecule has 0 aliphatic carbocycles. The van der Waals surface area contributed by atoms with Gasteiger partial charge in [-0.3, -0.25) is 0 Å². The molecule has 0 aliphatic heterocycles. The number of aromatic nitrogens is 2. The average molecular weight is 255 g/mol. The molecule has 0 bridgehead atoms. The Morgan fingerprint density at radius 3 is 2.53 bits per heavy atom. The molecule has 0 saturated carbocycles. The van der Waals surface area contributed by atoms with Crippen molar-refractivity contribution in [3.63, 3.8) is 0 Å². The Balaban J connectivity index is 2.14. The molecule has 0 spiro atoms. The summed E-state index contributed by atoms with van der Waals surface area (Å²) in [4.78, 5) is 8.99. The van der Waals surface area contributed by atoms with Crippen LogP contribution in [-0.2, 0) is 6.54 Å². The molecule has 2 aromatic rings. The Bertz CT molecular complexity index is 562. The highest BCUT2D eigenvalue weighted by atomic mass is 15.1. The lowest BCUT2D eigenvalue weighted by atomic mass is 10.1. The first-order valence-electron chi connectivity index (χ1n) is 6.70. The lowest BCUT2D eigenvalue weighted by Crippen LogP contribution is -2.07. The van der Waals surface area contributed by atoms with Crippen LogP contribution in [0.2, 0.25) is 0 Å². The largest absolute Gasteiger partial charge is 0.350 e. The van der Waals surface area contributed by atoms with Crippen LogP contribution in [-0.4, -0.2) is 9.97 Å². The molecule has 0 radical (unpaired) electrons. The summed E-state index contributed by atoms with van der Waals surface area (Å²) in [7, 11) is 0. The van der Waals surface area contributed by atoms with E-state index >= 15 is 0 Å². The first-order chi connectivity index (χ1) is 9.06. The molecule has 3 heteroatoms. The maximum Gasteiger partial charge on any atom is 0.223 e. The van der Waals surface area contributed by atoms with E-state index in [1.54, 1.807) is 0 Å². The molecule has 100 valence electrons. The molecule has 0 aliphatic rings. The number of aryl methyl sites for hydroxylation is 2. The van der Waals surface area contributed by atoms with Gasteiger partial charge in [-0.05, 0) is 37.0 Å². The number of anilines is 1. The van der Waals surface area contributed by atoms with Crippen molar-refractivity contribution in [1.29, 1.82) is 0 Å². The molecule has 1 heterocycles. The minimum atomic E-state index is 0.417. The number of nitrogens with zero attached hydrogens (tertiary/aromatic N) is 2. The normalized spacial score (nSPS) is 10.8. The van der Waals surface area contributed by atoms with E-state index in [9.17, 15) is 0 Å². The molecular weight excluding hydrogens is 234 g/mol. The highest BCUT2D eigenvalue weighted by Gasteiger charge is 2.06. The van der Waals surface area contributed by atoms with Crippen LogP contribution in [0.4, 0.5) is 5.95 Å². The second-order valence-electron chi connectivity index (χ2n) is 5.19. The van der Waals surface area contributed by atoms with Gasteiger partial charge in [0.15, 0.2) is 0 Å². The molecular formula is C16H21N3. The third kappa shape index (κ3) is 3.53. The molecule has 2 rings (SSSR count). The first kappa shape index (κ1) is 13.5. The predicted molar refractivity (Wildman–Crippen MR) is 79.4 cm³/mol. The van der Waals surface area contributed by atoms with Crippen LogP contribution in [0.3, 0.4) is 0 Å².